The van der Waals surface area contributed by atoms with Gasteiger partial charge in [0, 0.05) is 25.7 Å². The normalized spacial score (nSPS) is 10.8. The summed E-state index contributed by atoms with van der Waals surface area (Å²) in [6.07, 6.45) is 4.54. The van der Waals surface area contributed by atoms with E-state index in [1.54, 1.807) is 44.6 Å². The molecule has 0 aliphatic rings. The summed E-state index contributed by atoms with van der Waals surface area (Å²) in [5.41, 5.74) is 2.97. The van der Waals surface area contributed by atoms with Crippen LogP contribution in [0.25, 0.3) is 17.1 Å². The number of amides is 2. The Kier molecular flexibility index (Phi) is 5.64. The number of hydrogen-bond donors (Lipinski definition) is 1. The molecule has 0 spiro atoms. The zero-order chi connectivity index (χ0) is 20.1. The number of para-hydroxylation sites is 2. The van der Waals surface area contributed by atoms with E-state index in [2.05, 4.69) is 15.3 Å². The molecule has 1 heterocycles. The van der Waals surface area contributed by atoms with E-state index in [0.717, 1.165) is 11.0 Å². The molecule has 142 valence electrons. The Bertz CT molecular complexity index is 1060. The first-order chi connectivity index (χ1) is 13.5. The molecule has 0 radical (unpaired) electrons. The van der Waals surface area contributed by atoms with Crippen molar-refractivity contribution in [2.45, 2.75) is 0 Å². The number of aromatic nitrogens is 2. The van der Waals surface area contributed by atoms with E-state index in [4.69, 9.17) is 4.74 Å². The van der Waals surface area contributed by atoms with Gasteiger partial charge in [-0.2, -0.15) is 0 Å². The van der Waals surface area contributed by atoms with Crippen molar-refractivity contribution in [1.29, 1.82) is 0 Å². The highest BCUT2D eigenvalue weighted by atomic mass is 16.5. The highest BCUT2D eigenvalue weighted by Crippen LogP contribution is 2.26. The molecule has 0 bridgehead atoms. The second kappa shape index (κ2) is 8.30. The quantitative estimate of drug-likeness (QED) is 0.692. The average molecular weight is 376 g/mol. The van der Waals surface area contributed by atoms with Crippen molar-refractivity contribution in [3.8, 4) is 5.75 Å². The molecule has 0 fully saturated rings. The minimum Gasteiger partial charge on any atom is -0.495 e. The molecule has 3 aromatic rings. The molecule has 0 saturated heterocycles. The third kappa shape index (κ3) is 4.32. The Morgan fingerprint density at radius 1 is 1.11 bits per heavy atom. The number of benzene rings is 2. The molecule has 1 aromatic heterocycles. The van der Waals surface area contributed by atoms with Crippen molar-refractivity contribution in [1.82, 2.24) is 14.9 Å². The van der Waals surface area contributed by atoms with Crippen molar-refractivity contribution in [3.63, 3.8) is 0 Å². The van der Waals surface area contributed by atoms with E-state index in [1.165, 1.54) is 18.1 Å². The van der Waals surface area contributed by atoms with Crippen LogP contribution in [0.5, 0.6) is 5.75 Å². The smallest absolute Gasteiger partial charge is 0.253 e. The van der Waals surface area contributed by atoms with Crippen LogP contribution in [0.15, 0.2) is 54.7 Å². The van der Waals surface area contributed by atoms with Crippen LogP contribution in [0.3, 0.4) is 0 Å². The molecule has 0 aliphatic carbocycles. The summed E-state index contributed by atoms with van der Waals surface area (Å²) >= 11 is 0. The van der Waals surface area contributed by atoms with E-state index in [0.29, 0.717) is 22.7 Å². The van der Waals surface area contributed by atoms with Crippen LogP contribution in [0.2, 0.25) is 0 Å². The average Bonchev–Trinajstić information content (AvgIpc) is 2.71. The van der Waals surface area contributed by atoms with Gasteiger partial charge in [-0.05, 0) is 36.4 Å². The first-order valence-electron chi connectivity index (χ1n) is 8.58. The van der Waals surface area contributed by atoms with Crippen LogP contribution >= 0.6 is 0 Å². The fourth-order valence-corrected chi connectivity index (χ4v) is 2.58. The largest absolute Gasteiger partial charge is 0.495 e. The third-order valence-electron chi connectivity index (χ3n) is 3.98. The Balaban J connectivity index is 1.78. The van der Waals surface area contributed by atoms with Gasteiger partial charge in [0.15, 0.2) is 0 Å². The van der Waals surface area contributed by atoms with E-state index >= 15 is 0 Å². The van der Waals surface area contributed by atoms with Crippen LogP contribution in [0.1, 0.15) is 16.1 Å². The number of ether oxygens (including phenoxy) is 1. The fourth-order valence-electron chi connectivity index (χ4n) is 2.58. The van der Waals surface area contributed by atoms with E-state index < -0.39 is 0 Å². The highest BCUT2D eigenvalue weighted by molar-refractivity contribution is 6.04. The number of carbonyl (C=O) groups excluding carboxylic acids is 2. The molecule has 7 nitrogen and oxygen atoms in total. The van der Waals surface area contributed by atoms with Gasteiger partial charge in [-0.25, -0.2) is 4.98 Å². The van der Waals surface area contributed by atoms with Crippen LogP contribution in [0, 0.1) is 0 Å². The van der Waals surface area contributed by atoms with Crippen molar-refractivity contribution in [2.75, 3.05) is 26.5 Å². The summed E-state index contributed by atoms with van der Waals surface area (Å²) < 4.78 is 5.27. The number of hydrogen-bond acceptors (Lipinski definition) is 5. The fraction of sp³-hybridized carbons (Fsp3) is 0.143. The monoisotopic (exact) mass is 376 g/mol. The van der Waals surface area contributed by atoms with Crippen molar-refractivity contribution >= 4 is 34.6 Å². The molecule has 2 amide bonds. The van der Waals surface area contributed by atoms with Gasteiger partial charge in [-0.3, -0.25) is 14.6 Å². The van der Waals surface area contributed by atoms with Gasteiger partial charge >= 0.3 is 0 Å². The zero-order valence-electron chi connectivity index (χ0n) is 15.8. The molecular weight excluding hydrogens is 356 g/mol. The topological polar surface area (TPSA) is 84.4 Å². The van der Waals surface area contributed by atoms with Crippen LogP contribution < -0.4 is 10.1 Å². The predicted octanol–water partition coefficient (Wildman–Crippen LogP) is 2.99. The molecule has 2 aromatic carbocycles. The lowest BCUT2D eigenvalue weighted by molar-refractivity contribution is -0.111. The summed E-state index contributed by atoms with van der Waals surface area (Å²) in [5.74, 6) is -0.0783. The molecular formula is C21H20N4O3. The highest BCUT2D eigenvalue weighted by Gasteiger charge is 2.13. The molecule has 28 heavy (non-hydrogen) atoms. The number of anilines is 1. The van der Waals surface area contributed by atoms with E-state index in [9.17, 15) is 9.59 Å². The molecule has 0 saturated carbocycles. The Labute approximate surface area is 162 Å². The zero-order valence-corrected chi connectivity index (χ0v) is 15.8. The SMILES string of the molecule is COc1ccc(C(=O)N(C)C)cc1NC(=O)C=Cc1cnc2ccccc2n1. The lowest BCUT2D eigenvalue weighted by Crippen LogP contribution is -2.22. The summed E-state index contributed by atoms with van der Waals surface area (Å²) in [6.45, 7) is 0. The van der Waals surface area contributed by atoms with Crippen LogP contribution in [-0.4, -0.2) is 47.9 Å². The van der Waals surface area contributed by atoms with E-state index in [-0.39, 0.29) is 11.8 Å². The second-order valence-corrected chi connectivity index (χ2v) is 6.22. The molecule has 7 heteroatoms. The van der Waals surface area contributed by atoms with Crippen LogP contribution in [-0.2, 0) is 4.79 Å². The van der Waals surface area contributed by atoms with Crippen molar-refractivity contribution in [3.05, 3.63) is 66.0 Å². The maximum atomic E-state index is 12.3. The third-order valence-corrected chi connectivity index (χ3v) is 3.98. The number of methoxy groups -OCH3 is 1. The summed E-state index contributed by atoms with van der Waals surface area (Å²) in [6, 6.07) is 12.4. The lowest BCUT2D eigenvalue weighted by Gasteiger charge is -2.14. The van der Waals surface area contributed by atoms with Crippen LogP contribution in [0.4, 0.5) is 5.69 Å². The lowest BCUT2D eigenvalue weighted by atomic mass is 10.1. The number of nitrogens with zero attached hydrogens (tertiary/aromatic N) is 3. The van der Waals surface area contributed by atoms with Gasteiger partial charge in [-0.15, -0.1) is 0 Å². The molecule has 3 rings (SSSR count). The van der Waals surface area contributed by atoms with Gasteiger partial charge in [-0.1, -0.05) is 12.1 Å². The minimum absolute atomic E-state index is 0.167. The molecule has 1 N–H and O–H groups in total. The van der Waals surface area contributed by atoms with Crippen molar-refractivity contribution in [2.24, 2.45) is 0 Å². The Morgan fingerprint density at radius 3 is 2.57 bits per heavy atom. The number of rotatable bonds is 5. The minimum atomic E-state index is -0.372. The summed E-state index contributed by atoms with van der Waals surface area (Å²) in [4.78, 5) is 34.7. The first kappa shape index (κ1) is 19.0. The summed E-state index contributed by atoms with van der Waals surface area (Å²) in [7, 11) is 4.83. The molecule has 0 atom stereocenters. The van der Waals surface area contributed by atoms with Crippen molar-refractivity contribution < 1.29 is 14.3 Å². The van der Waals surface area contributed by atoms with Gasteiger partial charge in [0.1, 0.15) is 5.75 Å². The Hall–Kier alpha value is -3.74. The maximum Gasteiger partial charge on any atom is 0.253 e. The van der Waals surface area contributed by atoms with Gasteiger partial charge < -0.3 is 15.0 Å². The number of carbonyl (C=O) groups is 2. The maximum absolute atomic E-state index is 12.3. The Morgan fingerprint density at radius 2 is 1.86 bits per heavy atom. The predicted molar refractivity (Wildman–Crippen MR) is 108 cm³/mol. The van der Waals surface area contributed by atoms with Gasteiger partial charge in [0.2, 0.25) is 5.91 Å². The standard InChI is InChI=1S/C21H20N4O3/c1-25(2)21(27)14-8-10-19(28-3)18(12-14)24-20(26)11-9-15-13-22-16-6-4-5-7-17(16)23-15/h4-13H,1-3H3,(H,24,26). The number of fused-ring (bicyclic) bond motifs is 1. The van der Waals surface area contributed by atoms with Gasteiger partial charge in [0.25, 0.3) is 5.91 Å². The first-order valence-corrected chi connectivity index (χ1v) is 8.58. The molecule has 0 unspecified atom stereocenters. The van der Waals surface area contributed by atoms with Gasteiger partial charge in [0.05, 0.1) is 35.7 Å². The summed E-state index contributed by atoms with van der Waals surface area (Å²) in [5, 5.41) is 2.73. The van der Waals surface area contributed by atoms with E-state index in [1.807, 2.05) is 24.3 Å². The number of nitrogens with one attached hydrogen (secondary N) is 1. The molecule has 0 aliphatic heterocycles. The second-order valence-electron chi connectivity index (χ2n) is 6.22.